The zero-order valence-corrected chi connectivity index (χ0v) is 17.7. The van der Waals surface area contributed by atoms with E-state index in [2.05, 4.69) is 45.3 Å². The number of hydrogen-bond donors (Lipinski definition) is 1. The van der Waals surface area contributed by atoms with Crippen LogP contribution in [0.25, 0.3) is 0 Å². The lowest BCUT2D eigenvalue weighted by Crippen LogP contribution is -2.47. The summed E-state index contributed by atoms with van der Waals surface area (Å²) in [6.07, 6.45) is 3.44. The molecule has 1 fully saturated rings. The molecule has 0 aliphatic carbocycles. The fourth-order valence-electron chi connectivity index (χ4n) is 4.50. The SMILES string of the molecule is CCn1ccc2c1C(=O)N(CCCN1CCN(c3ccccc3)CC1)CCC2=NO. The number of aryl methyl sites for hydroxylation is 1. The standard InChI is InChI=1S/C23H31N5O2/c1-2-26-13-9-20-21(24-30)10-14-28(23(29)22(20)26)12-6-11-25-15-17-27(18-16-25)19-7-4-3-5-8-19/h3-5,7-9,13,30H,2,6,10-12,14-18H2,1H3. The number of anilines is 1. The molecule has 0 saturated carbocycles. The Balaban J connectivity index is 1.31. The zero-order valence-electron chi connectivity index (χ0n) is 17.7. The van der Waals surface area contributed by atoms with Gasteiger partial charge in [0.15, 0.2) is 0 Å². The molecule has 0 radical (unpaired) electrons. The molecule has 160 valence electrons. The summed E-state index contributed by atoms with van der Waals surface area (Å²) < 4.78 is 1.95. The summed E-state index contributed by atoms with van der Waals surface area (Å²) >= 11 is 0. The molecule has 7 nitrogen and oxygen atoms in total. The predicted octanol–water partition coefficient (Wildman–Crippen LogP) is 2.74. The van der Waals surface area contributed by atoms with Crippen LogP contribution in [0.15, 0.2) is 47.8 Å². The lowest BCUT2D eigenvalue weighted by Gasteiger charge is -2.36. The molecule has 30 heavy (non-hydrogen) atoms. The average Bonchev–Trinajstić information content (AvgIpc) is 3.17. The number of amides is 1. The van der Waals surface area contributed by atoms with Gasteiger partial charge in [0.2, 0.25) is 0 Å². The monoisotopic (exact) mass is 409 g/mol. The van der Waals surface area contributed by atoms with Crippen LogP contribution in [0.4, 0.5) is 5.69 Å². The second kappa shape index (κ2) is 9.34. The first-order valence-electron chi connectivity index (χ1n) is 10.9. The number of para-hydroxylation sites is 1. The molecule has 0 atom stereocenters. The number of benzene rings is 1. The molecule has 0 bridgehead atoms. The molecule has 0 spiro atoms. The first-order chi connectivity index (χ1) is 14.7. The topological polar surface area (TPSA) is 64.3 Å². The maximum Gasteiger partial charge on any atom is 0.271 e. The van der Waals surface area contributed by atoms with Crippen LogP contribution in [0.1, 0.15) is 35.8 Å². The van der Waals surface area contributed by atoms with Crippen LogP contribution >= 0.6 is 0 Å². The highest BCUT2D eigenvalue weighted by Crippen LogP contribution is 2.21. The van der Waals surface area contributed by atoms with Crippen molar-refractivity contribution in [2.24, 2.45) is 5.16 Å². The Morgan fingerprint density at radius 1 is 1.00 bits per heavy atom. The number of piperazine rings is 1. The second-order valence-corrected chi connectivity index (χ2v) is 7.97. The van der Waals surface area contributed by atoms with Crippen LogP contribution in [0.3, 0.4) is 0 Å². The van der Waals surface area contributed by atoms with Gasteiger partial charge < -0.3 is 19.6 Å². The summed E-state index contributed by atoms with van der Waals surface area (Å²) in [5, 5.41) is 12.9. The van der Waals surface area contributed by atoms with Gasteiger partial charge in [-0.3, -0.25) is 9.69 Å². The molecule has 3 heterocycles. The molecule has 2 aliphatic heterocycles. The van der Waals surface area contributed by atoms with Crippen LogP contribution in [-0.2, 0) is 6.54 Å². The molecule has 1 N–H and O–H groups in total. The summed E-state index contributed by atoms with van der Waals surface area (Å²) in [7, 11) is 0. The smallest absolute Gasteiger partial charge is 0.271 e. The van der Waals surface area contributed by atoms with Crippen LogP contribution in [-0.4, -0.2) is 77.0 Å². The molecule has 1 saturated heterocycles. The molecular formula is C23H31N5O2. The van der Waals surface area contributed by atoms with Crippen LogP contribution < -0.4 is 4.90 Å². The van der Waals surface area contributed by atoms with Gasteiger partial charge >= 0.3 is 0 Å². The largest absolute Gasteiger partial charge is 0.411 e. The van der Waals surface area contributed by atoms with Crippen LogP contribution in [0.5, 0.6) is 0 Å². The molecule has 0 unspecified atom stereocenters. The van der Waals surface area contributed by atoms with Crippen molar-refractivity contribution in [1.29, 1.82) is 0 Å². The first kappa shape index (κ1) is 20.5. The molecule has 4 rings (SSSR count). The molecule has 7 heteroatoms. The highest BCUT2D eigenvalue weighted by atomic mass is 16.4. The number of oxime groups is 1. The van der Waals surface area contributed by atoms with Gasteiger partial charge in [0.25, 0.3) is 5.91 Å². The van der Waals surface area contributed by atoms with Crippen molar-refractivity contribution in [3.63, 3.8) is 0 Å². The van der Waals surface area contributed by atoms with E-state index in [9.17, 15) is 10.0 Å². The van der Waals surface area contributed by atoms with E-state index in [0.717, 1.165) is 57.8 Å². The number of hydrogen-bond acceptors (Lipinski definition) is 5. The summed E-state index contributed by atoms with van der Waals surface area (Å²) in [5.74, 6) is 0.0457. The fourth-order valence-corrected chi connectivity index (χ4v) is 4.50. The van der Waals surface area contributed by atoms with E-state index in [4.69, 9.17) is 0 Å². The molecule has 1 amide bonds. The molecule has 1 aromatic carbocycles. The van der Waals surface area contributed by atoms with E-state index in [0.29, 0.717) is 24.4 Å². The van der Waals surface area contributed by atoms with E-state index in [-0.39, 0.29) is 5.91 Å². The van der Waals surface area contributed by atoms with E-state index < -0.39 is 0 Å². The summed E-state index contributed by atoms with van der Waals surface area (Å²) in [5.41, 5.74) is 3.32. The van der Waals surface area contributed by atoms with E-state index in [1.54, 1.807) is 0 Å². The van der Waals surface area contributed by atoms with Crippen molar-refractivity contribution in [2.45, 2.75) is 26.3 Å². The third kappa shape index (κ3) is 4.21. The predicted molar refractivity (Wildman–Crippen MR) is 119 cm³/mol. The minimum atomic E-state index is 0.0457. The maximum atomic E-state index is 13.2. The first-order valence-corrected chi connectivity index (χ1v) is 10.9. The van der Waals surface area contributed by atoms with Gasteiger partial charge in [-0.1, -0.05) is 23.4 Å². The Morgan fingerprint density at radius 3 is 2.47 bits per heavy atom. The normalized spacial score (nSPS) is 19.2. The fraction of sp³-hybridized carbons (Fsp3) is 0.478. The summed E-state index contributed by atoms with van der Waals surface area (Å²) in [6.45, 7) is 9.23. The number of rotatable bonds is 6. The third-order valence-electron chi connectivity index (χ3n) is 6.24. The van der Waals surface area contributed by atoms with Gasteiger partial charge in [-0.15, -0.1) is 0 Å². The minimum Gasteiger partial charge on any atom is -0.411 e. The van der Waals surface area contributed by atoms with Gasteiger partial charge in [-0.2, -0.15) is 0 Å². The Kier molecular flexibility index (Phi) is 6.38. The summed E-state index contributed by atoms with van der Waals surface area (Å²) in [4.78, 5) is 20.0. The maximum absolute atomic E-state index is 13.2. The van der Waals surface area contributed by atoms with E-state index >= 15 is 0 Å². The number of carbonyl (C=O) groups is 1. The van der Waals surface area contributed by atoms with Gasteiger partial charge in [0.1, 0.15) is 5.69 Å². The Hall–Kier alpha value is -2.80. The molecule has 2 aromatic rings. The molecule has 1 aromatic heterocycles. The van der Waals surface area contributed by atoms with Crippen molar-refractivity contribution in [1.82, 2.24) is 14.4 Å². The Labute approximate surface area is 178 Å². The van der Waals surface area contributed by atoms with Crippen LogP contribution in [0, 0.1) is 0 Å². The van der Waals surface area contributed by atoms with Crippen LogP contribution in [0.2, 0.25) is 0 Å². The zero-order chi connectivity index (χ0) is 20.9. The lowest BCUT2D eigenvalue weighted by atomic mass is 10.1. The average molecular weight is 410 g/mol. The van der Waals surface area contributed by atoms with Crippen molar-refractivity contribution < 1.29 is 10.0 Å². The Bertz CT molecular complexity index is 884. The van der Waals surface area contributed by atoms with E-state index in [1.165, 1.54) is 5.69 Å². The second-order valence-electron chi connectivity index (χ2n) is 7.97. The Morgan fingerprint density at radius 2 is 1.77 bits per heavy atom. The van der Waals surface area contributed by atoms with Gasteiger partial charge in [0.05, 0.1) is 5.71 Å². The highest BCUT2D eigenvalue weighted by Gasteiger charge is 2.29. The van der Waals surface area contributed by atoms with Crippen molar-refractivity contribution in [3.05, 3.63) is 53.9 Å². The number of aromatic nitrogens is 1. The number of nitrogens with zero attached hydrogens (tertiary/aromatic N) is 5. The van der Waals surface area contributed by atoms with Crippen molar-refractivity contribution >= 4 is 17.3 Å². The number of carbonyl (C=O) groups excluding carboxylic acids is 1. The van der Waals surface area contributed by atoms with Crippen molar-refractivity contribution in [3.8, 4) is 0 Å². The summed E-state index contributed by atoms with van der Waals surface area (Å²) in [6, 6.07) is 12.5. The third-order valence-corrected chi connectivity index (χ3v) is 6.24. The highest BCUT2D eigenvalue weighted by molar-refractivity contribution is 6.11. The van der Waals surface area contributed by atoms with E-state index in [1.807, 2.05) is 28.7 Å². The minimum absolute atomic E-state index is 0.0457. The van der Waals surface area contributed by atoms with Gasteiger partial charge in [-0.25, -0.2) is 0 Å². The lowest BCUT2D eigenvalue weighted by molar-refractivity contribution is 0.0744. The number of fused-ring (bicyclic) bond motifs is 1. The molecular weight excluding hydrogens is 378 g/mol. The van der Waals surface area contributed by atoms with Gasteiger partial charge in [-0.05, 0) is 38.1 Å². The quantitative estimate of drug-likeness (QED) is 0.589. The molecule has 2 aliphatic rings. The van der Waals surface area contributed by atoms with Crippen molar-refractivity contribution in [2.75, 3.05) is 50.7 Å². The van der Waals surface area contributed by atoms with Gasteiger partial charge in [0, 0.05) is 69.7 Å².